The van der Waals surface area contributed by atoms with Crippen LogP contribution in [-0.4, -0.2) is 46.5 Å². The monoisotopic (exact) mass is 442 g/mol. The second-order valence-electron chi connectivity index (χ2n) is 6.00. The summed E-state index contributed by atoms with van der Waals surface area (Å²) in [5.74, 6) is 1.79. The summed E-state index contributed by atoms with van der Waals surface area (Å²) in [6, 6.07) is 14.1. The smallest absolute Gasteiger partial charge is 0.240 e. The van der Waals surface area contributed by atoms with Crippen LogP contribution in [0.4, 0.5) is 5.69 Å². The van der Waals surface area contributed by atoms with Crippen molar-refractivity contribution in [3.05, 3.63) is 59.1 Å². The molecule has 0 radical (unpaired) electrons. The summed E-state index contributed by atoms with van der Waals surface area (Å²) in [6.07, 6.45) is 1.08. The number of hydrogen-bond donors (Lipinski definition) is 1. The molecular formula is C19H23ClN2O4S2. The fourth-order valence-corrected chi connectivity index (χ4v) is 4.17. The molecule has 0 unspecified atom stereocenters. The first-order valence-corrected chi connectivity index (χ1v) is 11.9. The van der Waals surface area contributed by atoms with E-state index in [0.717, 1.165) is 27.6 Å². The van der Waals surface area contributed by atoms with Crippen LogP contribution in [0.1, 0.15) is 5.56 Å². The summed E-state index contributed by atoms with van der Waals surface area (Å²) in [5, 5.41) is 3.46. The van der Waals surface area contributed by atoms with Gasteiger partial charge in [-0.1, -0.05) is 23.7 Å². The first-order chi connectivity index (χ1) is 13.3. The molecule has 0 saturated heterocycles. The van der Waals surface area contributed by atoms with Gasteiger partial charge in [0.1, 0.15) is 12.3 Å². The molecule has 0 aliphatic carbocycles. The van der Waals surface area contributed by atoms with E-state index in [1.54, 1.807) is 36.0 Å². The molecule has 0 aromatic heterocycles. The average molecular weight is 443 g/mol. The number of hydrogen-bond acceptors (Lipinski definition) is 5. The van der Waals surface area contributed by atoms with Crippen molar-refractivity contribution < 1.29 is 17.9 Å². The molecule has 0 fully saturated rings. The average Bonchev–Trinajstić information content (AvgIpc) is 2.66. The number of nitrogens with one attached hydrogen (secondary N) is 1. The quantitative estimate of drug-likeness (QED) is 0.572. The van der Waals surface area contributed by atoms with Gasteiger partial charge in [0.05, 0.1) is 19.1 Å². The molecule has 0 aliphatic heterocycles. The van der Waals surface area contributed by atoms with Gasteiger partial charge in [-0.2, -0.15) is 11.8 Å². The zero-order valence-electron chi connectivity index (χ0n) is 15.7. The van der Waals surface area contributed by atoms with Gasteiger partial charge < -0.3 is 10.1 Å². The third-order valence-electron chi connectivity index (χ3n) is 3.80. The number of halogens is 1. The Hall–Kier alpha value is -1.90. The third kappa shape index (κ3) is 7.26. The predicted molar refractivity (Wildman–Crippen MR) is 116 cm³/mol. The van der Waals surface area contributed by atoms with Crippen LogP contribution < -0.4 is 14.4 Å². The second kappa shape index (κ2) is 10.6. The first kappa shape index (κ1) is 22.4. The van der Waals surface area contributed by atoms with Crippen molar-refractivity contribution in [2.75, 3.05) is 36.5 Å². The maximum atomic E-state index is 12.2. The predicted octanol–water partition coefficient (Wildman–Crippen LogP) is 3.16. The highest BCUT2D eigenvalue weighted by Gasteiger charge is 2.20. The Bertz CT molecular complexity index is 872. The van der Waals surface area contributed by atoms with Crippen molar-refractivity contribution in [1.29, 1.82) is 0 Å². The maximum Gasteiger partial charge on any atom is 0.240 e. The van der Waals surface area contributed by atoms with Gasteiger partial charge in [-0.3, -0.25) is 9.10 Å². The molecule has 0 atom stereocenters. The summed E-state index contributed by atoms with van der Waals surface area (Å²) in [4.78, 5) is 12.2. The minimum Gasteiger partial charge on any atom is -0.497 e. The van der Waals surface area contributed by atoms with Gasteiger partial charge in [0.25, 0.3) is 0 Å². The lowest BCUT2D eigenvalue weighted by atomic mass is 10.2. The Morgan fingerprint density at radius 1 is 1.14 bits per heavy atom. The largest absolute Gasteiger partial charge is 0.497 e. The van der Waals surface area contributed by atoms with E-state index in [4.69, 9.17) is 16.3 Å². The number of anilines is 1. The van der Waals surface area contributed by atoms with Crippen molar-refractivity contribution in [3.8, 4) is 5.75 Å². The Labute approximate surface area is 175 Å². The molecule has 152 valence electrons. The fraction of sp³-hybridized carbons (Fsp3) is 0.316. The molecule has 2 aromatic carbocycles. The van der Waals surface area contributed by atoms with Gasteiger partial charge in [0.2, 0.25) is 15.9 Å². The lowest BCUT2D eigenvalue weighted by Crippen LogP contribution is -2.41. The van der Waals surface area contributed by atoms with Gasteiger partial charge in [0, 0.05) is 23.1 Å². The van der Waals surface area contributed by atoms with Crippen molar-refractivity contribution in [1.82, 2.24) is 5.32 Å². The Morgan fingerprint density at radius 3 is 2.36 bits per heavy atom. The van der Waals surface area contributed by atoms with Gasteiger partial charge in [0.15, 0.2) is 0 Å². The molecule has 9 heteroatoms. The molecule has 2 rings (SSSR count). The number of carbonyl (C=O) groups excluding carboxylic acids is 1. The molecule has 1 N–H and O–H groups in total. The van der Waals surface area contributed by atoms with E-state index in [-0.39, 0.29) is 12.5 Å². The Balaban J connectivity index is 1.82. The minimum absolute atomic E-state index is 0.271. The molecule has 1 amide bonds. The summed E-state index contributed by atoms with van der Waals surface area (Å²) in [7, 11) is -2.06. The fourth-order valence-electron chi connectivity index (χ4n) is 2.37. The van der Waals surface area contributed by atoms with Crippen molar-refractivity contribution in [2.24, 2.45) is 0 Å². The van der Waals surface area contributed by atoms with Crippen LogP contribution in [0.5, 0.6) is 5.75 Å². The number of amides is 1. The molecule has 2 aromatic rings. The van der Waals surface area contributed by atoms with Gasteiger partial charge >= 0.3 is 0 Å². The van der Waals surface area contributed by atoms with E-state index in [1.165, 1.54) is 7.11 Å². The highest BCUT2D eigenvalue weighted by atomic mass is 35.5. The van der Waals surface area contributed by atoms with Crippen LogP contribution in [0.2, 0.25) is 5.02 Å². The molecule has 0 spiro atoms. The SMILES string of the molecule is COc1ccc(N(CC(=O)NCCSCc2ccc(Cl)cc2)S(C)(=O)=O)cc1. The van der Waals surface area contributed by atoms with Crippen LogP contribution >= 0.6 is 23.4 Å². The highest BCUT2D eigenvalue weighted by molar-refractivity contribution is 7.98. The van der Waals surface area contributed by atoms with Crippen LogP contribution in [0.3, 0.4) is 0 Å². The summed E-state index contributed by atoms with van der Waals surface area (Å²) in [5.41, 5.74) is 1.57. The zero-order valence-corrected chi connectivity index (χ0v) is 18.1. The van der Waals surface area contributed by atoms with Crippen molar-refractivity contribution in [3.63, 3.8) is 0 Å². The number of carbonyl (C=O) groups is 1. The van der Waals surface area contributed by atoms with Gasteiger partial charge in [-0.25, -0.2) is 8.42 Å². The van der Waals surface area contributed by atoms with E-state index >= 15 is 0 Å². The standard InChI is InChI=1S/C19H23ClN2O4S2/c1-26-18-9-7-17(8-10-18)22(28(2,24)25)13-19(23)21-11-12-27-14-15-3-5-16(20)6-4-15/h3-10H,11-14H2,1-2H3,(H,21,23). The maximum absolute atomic E-state index is 12.2. The molecule has 6 nitrogen and oxygen atoms in total. The van der Waals surface area contributed by atoms with Crippen LogP contribution in [0, 0.1) is 0 Å². The van der Waals surface area contributed by atoms with E-state index in [1.807, 2.05) is 24.3 Å². The molecule has 0 heterocycles. The second-order valence-corrected chi connectivity index (χ2v) is 9.45. The first-order valence-electron chi connectivity index (χ1n) is 8.50. The van der Waals surface area contributed by atoms with Crippen molar-refractivity contribution >= 4 is 45.0 Å². The molecule has 0 bridgehead atoms. The van der Waals surface area contributed by atoms with Gasteiger partial charge in [-0.15, -0.1) is 0 Å². The van der Waals surface area contributed by atoms with E-state index < -0.39 is 10.0 Å². The molecule has 0 aliphatic rings. The van der Waals surface area contributed by atoms with Crippen LogP contribution in [-0.2, 0) is 20.6 Å². The molecular weight excluding hydrogens is 420 g/mol. The third-order valence-corrected chi connectivity index (χ3v) is 6.22. The number of methoxy groups -OCH3 is 1. The van der Waals surface area contributed by atoms with E-state index in [0.29, 0.717) is 23.0 Å². The number of benzene rings is 2. The normalized spacial score (nSPS) is 11.1. The molecule has 28 heavy (non-hydrogen) atoms. The van der Waals surface area contributed by atoms with Gasteiger partial charge in [-0.05, 0) is 42.0 Å². The summed E-state index contributed by atoms with van der Waals surface area (Å²) in [6.45, 7) is 0.185. The van der Waals surface area contributed by atoms with Crippen LogP contribution in [0.15, 0.2) is 48.5 Å². The topological polar surface area (TPSA) is 75.7 Å². The van der Waals surface area contributed by atoms with Crippen molar-refractivity contribution in [2.45, 2.75) is 5.75 Å². The Kier molecular flexibility index (Phi) is 8.47. The summed E-state index contributed by atoms with van der Waals surface area (Å²) < 4.78 is 30.3. The van der Waals surface area contributed by atoms with E-state index in [2.05, 4.69) is 5.32 Å². The number of rotatable bonds is 10. The number of nitrogens with zero attached hydrogens (tertiary/aromatic N) is 1. The summed E-state index contributed by atoms with van der Waals surface area (Å²) >= 11 is 7.53. The minimum atomic E-state index is -3.59. The molecule has 0 saturated carbocycles. The highest BCUT2D eigenvalue weighted by Crippen LogP contribution is 2.21. The van der Waals surface area contributed by atoms with Crippen LogP contribution in [0.25, 0.3) is 0 Å². The Morgan fingerprint density at radius 2 is 1.79 bits per heavy atom. The van der Waals surface area contributed by atoms with E-state index in [9.17, 15) is 13.2 Å². The number of thioether (sulfide) groups is 1. The number of ether oxygens (including phenoxy) is 1. The lowest BCUT2D eigenvalue weighted by molar-refractivity contribution is -0.119. The lowest BCUT2D eigenvalue weighted by Gasteiger charge is -2.22. The number of sulfonamides is 1. The zero-order chi connectivity index (χ0) is 20.6.